The van der Waals surface area contributed by atoms with Crippen molar-refractivity contribution in [3.8, 4) is 12.3 Å². The normalized spacial score (nSPS) is 9.08. The molecule has 0 saturated heterocycles. The number of rotatable bonds is 2. The molecule has 62 valence electrons. The van der Waals surface area contributed by atoms with E-state index in [9.17, 15) is 8.78 Å². The van der Waals surface area contributed by atoms with Crippen LogP contribution in [0.5, 0.6) is 0 Å². The molecule has 1 heterocycles. The highest BCUT2D eigenvalue weighted by atomic mass is 19.1. The molecule has 0 aromatic carbocycles. The van der Waals surface area contributed by atoms with E-state index in [4.69, 9.17) is 6.42 Å². The molecule has 5 heteroatoms. The fourth-order valence-electron chi connectivity index (χ4n) is 0.622. The third-order valence-corrected chi connectivity index (χ3v) is 1.04. The summed E-state index contributed by atoms with van der Waals surface area (Å²) in [5.41, 5.74) is 0. The van der Waals surface area contributed by atoms with Crippen molar-refractivity contribution in [3.05, 3.63) is 18.1 Å². The fourth-order valence-corrected chi connectivity index (χ4v) is 0.622. The predicted octanol–water partition coefficient (Wildman–Crippen LogP) is 0.800. The van der Waals surface area contributed by atoms with E-state index in [-0.39, 0.29) is 12.4 Å². The zero-order chi connectivity index (χ0) is 8.97. The Bertz CT molecular complexity index is 299. The summed E-state index contributed by atoms with van der Waals surface area (Å²) < 4.78 is 24.7. The lowest BCUT2D eigenvalue weighted by molar-refractivity contribution is 0.484. The molecule has 0 aliphatic carbocycles. The van der Waals surface area contributed by atoms with E-state index in [1.807, 2.05) is 0 Å². The van der Waals surface area contributed by atoms with Crippen molar-refractivity contribution in [2.45, 2.75) is 0 Å². The largest absolute Gasteiger partial charge is 0.359 e. The Morgan fingerprint density at radius 3 is 2.83 bits per heavy atom. The van der Waals surface area contributed by atoms with Crippen LogP contribution in [0.25, 0.3) is 0 Å². The molecule has 0 saturated carbocycles. The summed E-state index contributed by atoms with van der Waals surface area (Å²) >= 11 is 0. The minimum atomic E-state index is -1.12. The van der Waals surface area contributed by atoms with Crippen molar-refractivity contribution in [2.24, 2.45) is 0 Å². The van der Waals surface area contributed by atoms with Gasteiger partial charge in [0.15, 0.2) is 0 Å². The second-order valence-electron chi connectivity index (χ2n) is 1.90. The summed E-state index contributed by atoms with van der Waals surface area (Å²) in [7, 11) is 0. The van der Waals surface area contributed by atoms with Crippen molar-refractivity contribution < 1.29 is 8.78 Å². The molecule has 12 heavy (non-hydrogen) atoms. The summed E-state index contributed by atoms with van der Waals surface area (Å²) in [5, 5.41) is 2.51. The SMILES string of the molecule is C#CCNc1cc(F)nc(F)n1. The quantitative estimate of drug-likeness (QED) is 0.404. The van der Waals surface area contributed by atoms with E-state index in [2.05, 4.69) is 21.2 Å². The Morgan fingerprint density at radius 1 is 1.50 bits per heavy atom. The second-order valence-corrected chi connectivity index (χ2v) is 1.90. The lowest BCUT2D eigenvalue weighted by Gasteiger charge is -1.99. The number of nitrogens with zero attached hydrogens (tertiary/aromatic N) is 2. The molecular weight excluding hydrogens is 164 g/mol. The van der Waals surface area contributed by atoms with Gasteiger partial charge in [-0.05, 0) is 0 Å². The third-order valence-electron chi connectivity index (χ3n) is 1.04. The average Bonchev–Trinajstić information content (AvgIpc) is 1.99. The zero-order valence-corrected chi connectivity index (χ0v) is 6.01. The molecule has 0 atom stereocenters. The Hall–Kier alpha value is -1.70. The molecule has 1 rings (SSSR count). The molecule has 0 spiro atoms. The van der Waals surface area contributed by atoms with Gasteiger partial charge in [0.05, 0.1) is 6.54 Å². The standard InChI is InChI=1S/C7H5F2N3/c1-2-3-10-6-4-5(8)11-7(9)12-6/h1,4H,3H2,(H,10,11,12). The summed E-state index contributed by atoms with van der Waals surface area (Å²) in [6, 6.07) is 0.959. The molecule has 0 aliphatic rings. The maximum atomic E-state index is 12.4. The monoisotopic (exact) mass is 169 g/mol. The molecule has 0 unspecified atom stereocenters. The predicted molar refractivity (Wildman–Crippen MR) is 39.3 cm³/mol. The van der Waals surface area contributed by atoms with E-state index in [1.54, 1.807) is 0 Å². The van der Waals surface area contributed by atoms with Crippen LogP contribution >= 0.6 is 0 Å². The van der Waals surface area contributed by atoms with Gasteiger partial charge in [0.2, 0.25) is 5.95 Å². The van der Waals surface area contributed by atoms with Gasteiger partial charge in [-0.3, -0.25) is 0 Å². The molecule has 1 aromatic heterocycles. The highest BCUT2D eigenvalue weighted by Crippen LogP contribution is 2.03. The minimum absolute atomic E-state index is 0.0398. The highest BCUT2D eigenvalue weighted by Gasteiger charge is 2.01. The van der Waals surface area contributed by atoms with E-state index in [1.165, 1.54) is 0 Å². The summed E-state index contributed by atoms with van der Waals surface area (Å²) in [5.74, 6) is 1.35. The number of anilines is 1. The van der Waals surface area contributed by atoms with Crippen LogP contribution in [0.3, 0.4) is 0 Å². The van der Waals surface area contributed by atoms with Gasteiger partial charge in [-0.15, -0.1) is 6.42 Å². The summed E-state index contributed by atoms with van der Waals surface area (Å²) in [4.78, 5) is 6.05. The molecule has 0 radical (unpaired) electrons. The number of aromatic nitrogens is 2. The van der Waals surface area contributed by atoms with Crippen LogP contribution in [0.1, 0.15) is 0 Å². The number of hydrogen-bond donors (Lipinski definition) is 1. The summed E-state index contributed by atoms with van der Waals surface area (Å²) in [6.45, 7) is 0.163. The first kappa shape index (κ1) is 8.40. The lowest BCUT2D eigenvalue weighted by Crippen LogP contribution is -2.04. The van der Waals surface area contributed by atoms with Gasteiger partial charge in [-0.2, -0.15) is 18.7 Å². The van der Waals surface area contributed by atoms with Gasteiger partial charge in [0.25, 0.3) is 0 Å². The number of nitrogens with one attached hydrogen (secondary N) is 1. The van der Waals surface area contributed by atoms with Crippen LogP contribution in [0.2, 0.25) is 0 Å². The highest BCUT2D eigenvalue weighted by molar-refractivity contribution is 5.33. The second kappa shape index (κ2) is 3.62. The van der Waals surface area contributed by atoms with Gasteiger partial charge in [0, 0.05) is 6.07 Å². The van der Waals surface area contributed by atoms with Crippen molar-refractivity contribution in [3.63, 3.8) is 0 Å². The van der Waals surface area contributed by atoms with Crippen LogP contribution in [-0.2, 0) is 0 Å². The van der Waals surface area contributed by atoms with Gasteiger partial charge in [-0.25, -0.2) is 0 Å². The molecule has 0 bridgehead atoms. The van der Waals surface area contributed by atoms with Crippen LogP contribution < -0.4 is 5.32 Å². The Balaban J connectivity index is 2.80. The van der Waals surface area contributed by atoms with Crippen molar-refractivity contribution in [1.29, 1.82) is 0 Å². The van der Waals surface area contributed by atoms with Crippen LogP contribution in [0, 0.1) is 24.4 Å². The summed E-state index contributed by atoms with van der Waals surface area (Å²) in [6.07, 6.45) is 3.79. The molecule has 0 aliphatic heterocycles. The number of halogens is 2. The zero-order valence-electron chi connectivity index (χ0n) is 6.01. The first-order chi connectivity index (χ1) is 5.72. The fraction of sp³-hybridized carbons (Fsp3) is 0.143. The van der Waals surface area contributed by atoms with Crippen molar-refractivity contribution in [1.82, 2.24) is 9.97 Å². The molecule has 1 N–H and O–H groups in total. The van der Waals surface area contributed by atoms with Crippen molar-refractivity contribution >= 4 is 5.82 Å². The maximum absolute atomic E-state index is 12.4. The number of terminal acetylenes is 1. The Kier molecular flexibility index (Phi) is 2.53. The van der Waals surface area contributed by atoms with Crippen LogP contribution in [-0.4, -0.2) is 16.5 Å². The topological polar surface area (TPSA) is 37.8 Å². The van der Waals surface area contributed by atoms with Gasteiger partial charge in [-0.1, -0.05) is 5.92 Å². The first-order valence-electron chi connectivity index (χ1n) is 3.10. The average molecular weight is 169 g/mol. The van der Waals surface area contributed by atoms with Crippen LogP contribution in [0.15, 0.2) is 6.07 Å². The van der Waals surface area contributed by atoms with Gasteiger partial charge < -0.3 is 5.32 Å². The smallest absolute Gasteiger partial charge is 0.313 e. The molecule has 1 aromatic rings. The molecule has 0 amide bonds. The number of hydrogen-bond acceptors (Lipinski definition) is 3. The third kappa shape index (κ3) is 2.16. The van der Waals surface area contributed by atoms with Crippen molar-refractivity contribution in [2.75, 3.05) is 11.9 Å². The minimum Gasteiger partial charge on any atom is -0.359 e. The van der Waals surface area contributed by atoms with E-state index < -0.39 is 12.0 Å². The van der Waals surface area contributed by atoms with E-state index in [0.29, 0.717) is 0 Å². The lowest BCUT2D eigenvalue weighted by atomic mass is 10.5. The first-order valence-corrected chi connectivity index (χ1v) is 3.10. The van der Waals surface area contributed by atoms with E-state index >= 15 is 0 Å². The van der Waals surface area contributed by atoms with Gasteiger partial charge in [0.1, 0.15) is 5.82 Å². The molecule has 0 fully saturated rings. The maximum Gasteiger partial charge on any atom is 0.313 e. The Morgan fingerprint density at radius 2 is 2.25 bits per heavy atom. The molecule has 3 nitrogen and oxygen atoms in total. The Labute approximate surface area is 67.8 Å². The van der Waals surface area contributed by atoms with Crippen LogP contribution in [0.4, 0.5) is 14.6 Å². The van der Waals surface area contributed by atoms with Gasteiger partial charge >= 0.3 is 6.08 Å². The molecular formula is C7H5F2N3. The van der Waals surface area contributed by atoms with E-state index in [0.717, 1.165) is 6.07 Å².